The molecule has 0 saturated carbocycles. The minimum absolute atomic E-state index is 0.108. The van der Waals surface area contributed by atoms with Crippen molar-refractivity contribution in [2.75, 3.05) is 32.1 Å². The average molecular weight is 666 g/mol. The standard InChI is InChI=1S/C22H26FN4O13P3/c23-18-12-20(38-19(18)14-37-42(32,33)40-43(34,35)39-41(29,30)31)27-13-17(21(25)26-22(27)28)8-7-16-5-3-15(4-6-16)2-1-10-36-11-9-24/h3-6,13,18-20H,9-12,14,24H2,(H,32,33)(H,34,35)(H2,25,26,28)(H2,29,30,31). The number of nitrogens with two attached hydrogens (primary N) is 2. The van der Waals surface area contributed by atoms with E-state index in [0.717, 1.165) is 10.1 Å². The van der Waals surface area contributed by atoms with E-state index in [1.165, 1.54) is 6.20 Å². The number of aromatic nitrogens is 2. The summed E-state index contributed by atoms with van der Waals surface area (Å²) in [6.45, 7) is 0.0134. The summed E-state index contributed by atoms with van der Waals surface area (Å²) in [5, 5.41) is 0. The second-order valence-corrected chi connectivity index (χ2v) is 12.9. The van der Waals surface area contributed by atoms with Crippen molar-refractivity contribution in [2.24, 2.45) is 5.73 Å². The fourth-order valence-corrected chi connectivity index (χ4v) is 6.42. The lowest BCUT2D eigenvalue weighted by molar-refractivity contribution is -0.0349. The molecule has 0 aliphatic carbocycles. The van der Waals surface area contributed by atoms with E-state index in [1.54, 1.807) is 24.3 Å². The van der Waals surface area contributed by atoms with Crippen molar-refractivity contribution in [1.82, 2.24) is 9.55 Å². The molecule has 5 atom stereocenters. The van der Waals surface area contributed by atoms with Gasteiger partial charge in [-0.1, -0.05) is 23.7 Å². The third kappa shape index (κ3) is 11.4. The molecule has 0 spiro atoms. The largest absolute Gasteiger partial charge is 0.490 e. The van der Waals surface area contributed by atoms with E-state index in [4.69, 9.17) is 30.7 Å². The van der Waals surface area contributed by atoms with Crippen LogP contribution in [0.4, 0.5) is 10.2 Å². The van der Waals surface area contributed by atoms with E-state index in [1.807, 2.05) is 0 Å². The molecule has 1 aliphatic rings. The van der Waals surface area contributed by atoms with Gasteiger partial charge in [-0.3, -0.25) is 9.09 Å². The minimum Gasteiger partial charge on any atom is -0.382 e. The van der Waals surface area contributed by atoms with Crippen molar-refractivity contribution in [3.8, 4) is 23.7 Å². The van der Waals surface area contributed by atoms with Crippen LogP contribution in [0.3, 0.4) is 0 Å². The van der Waals surface area contributed by atoms with E-state index in [-0.39, 0.29) is 18.0 Å². The predicted molar refractivity (Wildman–Crippen MR) is 145 cm³/mol. The third-order valence-electron chi connectivity index (χ3n) is 5.17. The van der Waals surface area contributed by atoms with Gasteiger partial charge < -0.3 is 40.5 Å². The molecule has 234 valence electrons. The highest BCUT2D eigenvalue weighted by atomic mass is 31.3. The highest BCUT2D eigenvalue weighted by Crippen LogP contribution is 2.66. The summed E-state index contributed by atoms with van der Waals surface area (Å²) in [6, 6.07) is 6.87. The molecular formula is C22H26FN4O13P3. The van der Waals surface area contributed by atoms with Crippen LogP contribution in [0.5, 0.6) is 0 Å². The Bertz CT molecular complexity index is 1630. The van der Waals surface area contributed by atoms with Gasteiger partial charge >= 0.3 is 29.2 Å². The number of alkyl halides is 1. The van der Waals surface area contributed by atoms with Crippen molar-refractivity contribution in [2.45, 2.75) is 24.9 Å². The van der Waals surface area contributed by atoms with E-state index >= 15 is 0 Å². The van der Waals surface area contributed by atoms with E-state index in [2.05, 4.69) is 41.8 Å². The van der Waals surface area contributed by atoms with Crippen LogP contribution in [0, 0.1) is 23.7 Å². The molecule has 3 rings (SSSR count). The maximum atomic E-state index is 14.6. The summed E-state index contributed by atoms with van der Waals surface area (Å²) in [5.74, 6) is 11.2. The summed E-state index contributed by atoms with van der Waals surface area (Å²) >= 11 is 0. The zero-order valence-electron chi connectivity index (χ0n) is 21.9. The maximum Gasteiger partial charge on any atom is 0.490 e. The quantitative estimate of drug-likeness (QED) is 0.108. The molecule has 1 aromatic carbocycles. The number of ether oxygens (including phenoxy) is 2. The summed E-state index contributed by atoms with van der Waals surface area (Å²) in [4.78, 5) is 52.1. The first-order chi connectivity index (χ1) is 20.1. The number of anilines is 1. The monoisotopic (exact) mass is 666 g/mol. The Labute approximate surface area is 243 Å². The molecule has 17 nitrogen and oxygen atoms in total. The predicted octanol–water partition coefficient (Wildman–Crippen LogP) is 0.521. The van der Waals surface area contributed by atoms with Gasteiger partial charge in [-0.2, -0.15) is 13.6 Å². The molecular weight excluding hydrogens is 640 g/mol. The van der Waals surface area contributed by atoms with Crippen LogP contribution in [-0.4, -0.2) is 67.8 Å². The van der Waals surface area contributed by atoms with Crippen LogP contribution in [0.15, 0.2) is 35.3 Å². The molecule has 1 saturated heterocycles. The number of benzene rings is 1. The lowest BCUT2D eigenvalue weighted by Gasteiger charge is -2.19. The third-order valence-corrected chi connectivity index (χ3v) is 8.97. The summed E-state index contributed by atoms with van der Waals surface area (Å²) in [5.41, 5.74) is 11.7. The number of hydrogen-bond donors (Lipinski definition) is 6. The van der Waals surface area contributed by atoms with Crippen molar-refractivity contribution in [3.05, 3.63) is 57.6 Å². The van der Waals surface area contributed by atoms with Crippen LogP contribution in [0.2, 0.25) is 0 Å². The maximum absolute atomic E-state index is 14.6. The Kier molecular flexibility index (Phi) is 12.0. The van der Waals surface area contributed by atoms with E-state index < -0.39 is 60.7 Å². The average Bonchev–Trinajstić information content (AvgIpc) is 3.25. The number of phosphoric ester groups is 1. The molecule has 0 bridgehead atoms. The molecule has 1 aromatic heterocycles. The second kappa shape index (κ2) is 14.8. The van der Waals surface area contributed by atoms with Crippen molar-refractivity contribution < 1.29 is 60.3 Å². The number of phosphoric acid groups is 3. The van der Waals surface area contributed by atoms with Crippen molar-refractivity contribution >= 4 is 29.3 Å². The molecule has 2 aromatic rings. The number of hydrogen-bond acceptors (Lipinski definition) is 12. The van der Waals surface area contributed by atoms with Crippen LogP contribution in [0.1, 0.15) is 29.3 Å². The Balaban J connectivity index is 1.67. The number of halogens is 1. The van der Waals surface area contributed by atoms with Gasteiger partial charge in [0.1, 0.15) is 30.9 Å². The molecule has 8 N–H and O–H groups in total. The van der Waals surface area contributed by atoms with Gasteiger partial charge in [0, 0.05) is 30.3 Å². The normalized spacial score (nSPS) is 21.1. The molecule has 5 unspecified atom stereocenters. The number of rotatable bonds is 11. The highest BCUT2D eigenvalue weighted by Gasteiger charge is 2.43. The first kappa shape index (κ1) is 34.7. The van der Waals surface area contributed by atoms with Crippen LogP contribution in [-0.2, 0) is 36.3 Å². The van der Waals surface area contributed by atoms with Gasteiger partial charge in [0.15, 0.2) is 0 Å². The van der Waals surface area contributed by atoms with Crippen molar-refractivity contribution in [3.63, 3.8) is 0 Å². The van der Waals surface area contributed by atoms with Gasteiger partial charge in [0.25, 0.3) is 0 Å². The Hall–Kier alpha value is -2.76. The Morgan fingerprint density at radius 2 is 1.70 bits per heavy atom. The van der Waals surface area contributed by atoms with E-state index in [9.17, 15) is 32.7 Å². The van der Waals surface area contributed by atoms with Crippen molar-refractivity contribution in [1.29, 1.82) is 0 Å². The van der Waals surface area contributed by atoms with Gasteiger partial charge in [0.05, 0.1) is 18.8 Å². The summed E-state index contributed by atoms with van der Waals surface area (Å²) in [7, 11) is -16.9. The molecule has 1 fully saturated rings. The first-order valence-corrected chi connectivity index (χ1v) is 16.4. The lowest BCUT2D eigenvalue weighted by Crippen LogP contribution is -2.29. The van der Waals surface area contributed by atoms with Crippen LogP contribution >= 0.6 is 23.5 Å². The second-order valence-electron chi connectivity index (χ2n) is 8.47. The summed E-state index contributed by atoms with van der Waals surface area (Å²) in [6.07, 6.45) is -3.98. The zero-order chi connectivity index (χ0) is 31.8. The SMILES string of the molecule is NCCOCC#Cc1ccc(C#Cc2cn(C3CC(F)C(COP(=O)(O)OP(=O)(O)OP(=O)(O)O)O3)c(=O)nc2N)cc1. The topological polar surface area (TPSA) is 265 Å². The summed E-state index contributed by atoms with van der Waals surface area (Å²) < 4.78 is 71.8. The fourth-order valence-electron chi connectivity index (χ4n) is 3.39. The molecule has 21 heteroatoms. The number of nitrogens with zero attached hydrogens (tertiary/aromatic N) is 2. The van der Waals surface area contributed by atoms with Crippen LogP contribution < -0.4 is 17.2 Å². The van der Waals surface area contributed by atoms with Gasteiger partial charge in [-0.15, -0.1) is 0 Å². The Morgan fingerprint density at radius 1 is 1.05 bits per heavy atom. The van der Waals surface area contributed by atoms with Gasteiger partial charge in [-0.25, -0.2) is 22.9 Å². The fraction of sp³-hybridized carbons (Fsp3) is 0.364. The minimum atomic E-state index is -5.76. The van der Waals surface area contributed by atoms with Gasteiger partial charge in [0.2, 0.25) is 0 Å². The molecule has 1 aliphatic heterocycles. The molecule has 0 amide bonds. The molecule has 0 radical (unpaired) electrons. The van der Waals surface area contributed by atoms with Crippen LogP contribution in [0.25, 0.3) is 0 Å². The lowest BCUT2D eigenvalue weighted by atomic mass is 10.1. The number of nitrogen functional groups attached to an aromatic ring is 1. The highest BCUT2D eigenvalue weighted by molar-refractivity contribution is 7.66. The van der Waals surface area contributed by atoms with Gasteiger partial charge in [-0.05, 0) is 24.3 Å². The smallest absolute Gasteiger partial charge is 0.382 e. The van der Waals surface area contributed by atoms with E-state index in [0.29, 0.717) is 18.7 Å². The zero-order valence-corrected chi connectivity index (χ0v) is 24.6. The Morgan fingerprint density at radius 3 is 2.33 bits per heavy atom. The molecule has 43 heavy (non-hydrogen) atoms. The first-order valence-electron chi connectivity index (χ1n) is 11.9. The molecule has 2 heterocycles.